The average Bonchev–Trinajstić information content (AvgIpc) is 3.33. The van der Waals surface area contributed by atoms with Gasteiger partial charge in [-0.25, -0.2) is 0 Å². The first-order chi connectivity index (χ1) is 12.0. The van der Waals surface area contributed by atoms with E-state index < -0.39 is 5.60 Å². The molecule has 3 rings (SSSR count). The normalized spacial score (nSPS) is 13.2. The van der Waals surface area contributed by atoms with Crippen molar-refractivity contribution in [2.75, 3.05) is 25.5 Å². The molecule has 1 unspecified atom stereocenters. The molecule has 0 saturated carbocycles. The zero-order valence-electron chi connectivity index (χ0n) is 14.1. The summed E-state index contributed by atoms with van der Waals surface area (Å²) in [7, 11) is 3.89. The van der Waals surface area contributed by atoms with E-state index in [0.717, 1.165) is 5.69 Å². The predicted molar refractivity (Wildman–Crippen MR) is 99.1 cm³/mol. The van der Waals surface area contributed by atoms with Gasteiger partial charge in [0, 0.05) is 30.2 Å². The smallest absolute Gasteiger partial charge is 0.251 e. The molecule has 1 aromatic carbocycles. The number of nitrogens with one attached hydrogen (secondary N) is 1. The fourth-order valence-electron chi connectivity index (χ4n) is 2.54. The van der Waals surface area contributed by atoms with Crippen LogP contribution in [0.4, 0.5) is 5.69 Å². The van der Waals surface area contributed by atoms with Gasteiger partial charge in [0.2, 0.25) is 0 Å². The van der Waals surface area contributed by atoms with Gasteiger partial charge in [-0.1, -0.05) is 6.07 Å². The topological polar surface area (TPSA) is 65.7 Å². The monoisotopic (exact) mass is 356 g/mol. The molecule has 6 heteroatoms. The maximum atomic E-state index is 12.4. The molecule has 0 radical (unpaired) electrons. The fourth-order valence-corrected chi connectivity index (χ4v) is 3.37. The Labute approximate surface area is 150 Å². The third-order valence-electron chi connectivity index (χ3n) is 4.01. The molecule has 1 amide bonds. The van der Waals surface area contributed by atoms with Gasteiger partial charge in [0.1, 0.15) is 5.76 Å². The lowest BCUT2D eigenvalue weighted by molar-refractivity contribution is 0.0554. The van der Waals surface area contributed by atoms with Crippen molar-refractivity contribution in [3.63, 3.8) is 0 Å². The van der Waals surface area contributed by atoms with Crippen molar-refractivity contribution in [2.24, 2.45) is 0 Å². The largest absolute Gasteiger partial charge is 0.466 e. The van der Waals surface area contributed by atoms with Crippen molar-refractivity contribution >= 4 is 22.9 Å². The Morgan fingerprint density at radius 2 is 1.96 bits per heavy atom. The number of hydrogen-bond acceptors (Lipinski definition) is 5. The molecule has 2 heterocycles. The van der Waals surface area contributed by atoms with Crippen molar-refractivity contribution in [3.05, 3.63) is 76.4 Å². The molecule has 0 aliphatic rings. The van der Waals surface area contributed by atoms with Gasteiger partial charge in [-0.2, -0.15) is 0 Å². The first kappa shape index (κ1) is 17.3. The molecule has 0 aliphatic carbocycles. The Kier molecular flexibility index (Phi) is 4.92. The van der Waals surface area contributed by atoms with Gasteiger partial charge < -0.3 is 19.7 Å². The van der Waals surface area contributed by atoms with Crippen molar-refractivity contribution in [3.8, 4) is 0 Å². The molecule has 130 valence electrons. The number of hydrogen-bond donors (Lipinski definition) is 2. The number of furan rings is 1. The number of anilines is 1. The van der Waals surface area contributed by atoms with Crippen LogP contribution in [0.15, 0.2) is 64.6 Å². The molecule has 0 saturated heterocycles. The van der Waals surface area contributed by atoms with Gasteiger partial charge in [0.15, 0.2) is 5.60 Å². The second-order valence-electron chi connectivity index (χ2n) is 5.94. The molecule has 25 heavy (non-hydrogen) atoms. The second kappa shape index (κ2) is 7.13. The Hall–Kier alpha value is -2.57. The lowest BCUT2D eigenvalue weighted by atomic mass is 9.98. The third-order valence-corrected chi connectivity index (χ3v) is 5.03. The molecule has 2 N–H and O–H groups in total. The first-order valence-corrected chi connectivity index (χ1v) is 8.74. The Bertz CT molecular complexity index is 775. The van der Waals surface area contributed by atoms with Crippen LogP contribution in [-0.2, 0) is 5.60 Å². The Balaban J connectivity index is 1.76. The van der Waals surface area contributed by atoms with Gasteiger partial charge in [0.05, 0.1) is 12.8 Å². The van der Waals surface area contributed by atoms with Crippen LogP contribution in [0.25, 0.3) is 0 Å². The number of carbonyl (C=O) groups excluding carboxylic acids is 1. The van der Waals surface area contributed by atoms with Crippen LogP contribution in [0.2, 0.25) is 0 Å². The van der Waals surface area contributed by atoms with E-state index >= 15 is 0 Å². The third kappa shape index (κ3) is 3.60. The lowest BCUT2D eigenvalue weighted by Gasteiger charge is -2.25. The highest BCUT2D eigenvalue weighted by atomic mass is 32.1. The summed E-state index contributed by atoms with van der Waals surface area (Å²) in [4.78, 5) is 15.1. The van der Waals surface area contributed by atoms with Crippen LogP contribution in [0.3, 0.4) is 0 Å². The molecule has 0 fully saturated rings. The van der Waals surface area contributed by atoms with E-state index in [1.165, 1.54) is 17.6 Å². The molecular formula is C19H20N2O3S. The standard InChI is InChI=1S/C19H20N2O3S/c1-21(2)15-9-7-14(8-10-15)18(22)20-13-19(23,16-5-3-11-24-16)17-6-4-12-25-17/h3-12,23H,13H2,1-2H3,(H,20,22). The predicted octanol–water partition coefficient (Wildman–Crippen LogP) is 3.07. The zero-order valence-corrected chi connectivity index (χ0v) is 14.9. The molecular weight excluding hydrogens is 336 g/mol. The highest BCUT2D eigenvalue weighted by molar-refractivity contribution is 7.10. The van der Waals surface area contributed by atoms with Crippen LogP contribution < -0.4 is 10.2 Å². The van der Waals surface area contributed by atoms with Crippen molar-refractivity contribution in [1.29, 1.82) is 0 Å². The Morgan fingerprint density at radius 1 is 1.20 bits per heavy atom. The SMILES string of the molecule is CN(C)c1ccc(C(=O)NCC(O)(c2ccco2)c2cccs2)cc1. The zero-order chi connectivity index (χ0) is 17.9. The number of aliphatic hydroxyl groups is 1. The summed E-state index contributed by atoms with van der Waals surface area (Å²) in [6.45, 7) is 0.0231. The maximum Gasteiger partial charge on any atom is 0.251 e. The number of rotatable bonds is 6. The summed E-state index contributed by atoms with van der Waals surface area (Å²) in [6.07, 6.45) is 1.51. The highest BCUT2D eigenvalue weighted by Gasteiger charge is 2.36. The van der Waals surface area contributed by atoms with Gasteiger partial charge in [-0.15, -0.1) is 11.3 Å². The van der Waals surface area contributed by atoms with Crippen LogP contribution in [0, 0.1) is 0 Å². The summed E-state index contributed by atoms with van der Waals surface area (Å²) in [5.74, 6) is 0.157. The average molecular weight is 356 g/mol. The molecule has 5 nitrogen and oxygen atoms in total. The van der Waals surface area contributed by atoms with Gasteiger partial charge >= 0.3 is 0 Å². The van der Waals surface area contributed by atoms with Crippen molar-refractivity contribution in [2.45, 2.75) is 5.60 Å². The minimum Gasteiger partial charge on any atom is -0.466 e. The van der Waals surface area contributed by atoms with E-state index in [9.17, 15) is 9.90 Å². The van der Waals surface area contributed by atoms with E-state index in [-0.39, 0.29) is 12.5 Å². The molecule has 0 spiro atoms. The van der Waals surface area contributed by atoms with Gasteiger partial charge in [-0.05, 0) is 47.8 Å². The lowest BCUT2D eigenvalue weighted by Crippen LogP contribution is -2.41. The number of nitrogens with zero attached hydrogens (tertiary/aromatic N) is 1. The van der Waals surface area contributed by atoms with E-state index in [1.54, 1.807) is 24.3 Å². The maximum absolute atomic E-state index is 12.4. The van der Waals surface area contributed by atoms with Crippen LogP contribution >= 0.6 is 11.3 Å². The van der Waals surface area contributed by atoms with E-state index in [4.69, 9.17) is 4.42 Å². The summed E-state index contributed by atoms with van der Waals surface area (Å²) in [5, 5.41) is 15.8. The van der Waals surface area contributed by atoms with Crippen LogP contribution in [-0.4, -0.2) is 31.7 Å². The molecule has 3 aromatic rings. The van der Waals surface area contributed by atoms with Crippen LogP contribution in [0.5, 0.6) is 0 Å². The molecule has 0 bridgehead atoms. The van der Waals surface area contributed by atoms with E-state index in [0.29, 0.717) is 16.2 Å². The molecule has 1 atom stereocenters. The number of carbonyl (C=O) groups is 1. The summed E-state index contributed by atoms with van der Waals surface area (Å²) in [5.41, 5.74) is 0.164. The first-order valence-electron chi connectivity index (χ1n) is 7.86. The molecule has 0 aliphatic heterocycles. The van der Waals surface area contributed by atoms with Gasteiger partial charge in [0.25, 0.3) is 5.91 Å². The second-order valence-corrected chi connectivity index (χ2v) is 6.89. The quantitative estimate of drug-likeness (QED) is 0.712. The van der Waals surface area contributed by atoms with E-state index in [1.807, 2.05) is 48.6 Å². The summed E-state index contributed by atoms with van der Waals surface area (Å²) >= 11 is 1.41. The fraction of sp³-hybridized carbons (Fsp3) is 0.211. The number of thiophene rings is 1. The number of benzene rings is 1. The summed E-state index contributed by atoms with van der Waals surface area (Å²) in [6, 6.07) is 14.4. The number of amides is 1. The minimum absolute atomic E-state index is 0.0231. The van der Waals surface area contributed by atoms with Crippen LogP contribution in [0.1, 0.15) is 21.0 Å². The van der Waals surface area contributed by atoms with E-state index in [2.05, 4.69) is 5.32 Å². The Morgan fingerprint density at radius 3 is 2.52 bits per heavy atom. The van der Waals surface area contributed by atoms with Gasteiger partial charge in [-0.3, -0.25) is 4.79 Å². The van der Waals surface area contributed by atoms with Crippen molar-refractivity contribution in [1.82, 2.24) is 5.32 Å². The minimum atomic E-state index is -1.39. The summed E-state index contributed by atoms with van der Waals surface area (Å²) < 4.78 is 5.40. The highest BCUT2D eigenvalue weighted by Crippen LogP contribution is 2.32. The molecule has 2 aromatic heterocycles. The van der Waals surface area contributed by atoms with Crippen molar-refractivity contribution < 1.29 is 14.3 Å².